The second-order valence-electron chi connectivity index (χ2n) is 9.54. The zero-order chi connectivity index (χ0) is 25.7. The van der Waals surface area contributed by atoms with Crippen molar-refractivity contribution in [1.82, 2.24) is 0 Å². The van der Waals surface area contributed by atoms with Crippen molar-refractivity contribution >= 4 is 0 Å². The van der Waals surface area contributed by atoms with Crippen LogP contribution in [0.15, 0.2) is 163 Å². The molecule has 2 aromatic rings. The Morgan fingerprint density at radius 1 is 0.946 bits per heavy atom. The summed E-state index contributed by atoms with van der Waals surface area (Å²) in [4.78, 5) is 0. The highest BCUT2D eigenvalue weighted by atomic mass is 14.2. The number of benzene rings is 2. The molecule has 0 radical (unpaired) electrons. The minimum Gasteiger partial charge on any atom is -0.0988 e. The van der Waals surface area contributed by atoms with Gasteiger partial charge in [0.2, 0.25) is 0 Å². The molecule has 0 N–H and O–H groups in total. The van der Waals surface area contributed by atoms with Gasteiger partial charge in [0.15, 0.2) is 0 Å². The van der Waals surface area contributed by atoms with E-state index in [1.54, 1.807) is 0 Å². The van der Waals surface area contributed by atoms with Crippen LogP contribution in [0, 0.1) is 5.92 Å². The minimum absolute atomic E-state index is 0.117. The Labute approximate surface area is 223 Å². The summed E-state index contributed by atoms with van der Waals surface area (Å²) < 4.78 is 0. The van der Waals surface area contributed by atoms with Crippen LogP contribution in [-0.2, 0) is 0 Å². The highest BCUT2D eigenvalue weighted by molar-refractivity contribution is 5.64. The van der Waals surface area contributed by atoms with Gasteiger partial charge in [0.25, 0.3) is 0 Å². The highest BCUT2D eigenvalue weighted by Crippen LogP contribution is 2.35. The quantitative estimate of drug-likeness (QED) is 0.295. The third-order valence-electron chi connectivity index (χ3n) is 6.98. The molecule has 0 saturated heterocycles. The van der Waals surface area contributed by atoms with Crippen molar-refractivity contribution in [2.75, 3.05) is 0 Å². The van der Waals surface area contributed by atoms with Gasteiger partial charge in [0.1, 0.15) is 0 Å². The van der Waals surface area contributed by atoms with Crippen LogP contribution < -0.4 is 0 Å². The standard InChI is InChI=1S/C37H38/c1-3-32(24-14-20-30-16-8-5-9-17-30)37(33(4-2)25-15-21-31-18-10-6-11-19-31)36-28-26-35(27-29-36)34-22-12-7-13-23-34/h3-5,7-10,12-16,18-20,22-30,37H,1,6,11,17,21H2,2H3. The largest absolute Gasteiger partial charge is 0.0988 e. The lowest BCUT2D eigenvalue weighted by Gasteiger charge is -2.21. The highest BCUT2D eigenvalue weighted by Gasteiger charge is 2.18. The zero-order valence-corrected chi connectivity index (χ0v) is 22.0. The topological polar surface area (TPSA) is 0 Å². The molecule has 2 aliphatic rings. The molecule has 0 bridgehead atoms. The van der Waals surface area contributed by atoms with Gasteiger partial charge in [-0.2, -0.15) is 0 Å². The lowest BCUT2D eigenvalue weighted by molar-refractivity contribution is 0.822. The Morgan fingerprint density at radius 3 is 2.43 bits per heavy atom. The van der Waals surface area contributed by atoms with Crippen LogP contribution in [0.4, 0.5) is 0 Å². The minimum atomic E-state index is 0.117. The first-order chi connectivity index (χ1) is 18.3. The molecule has 2 aromatic carbocycles. The third kappa shape index (κ3) is 7.54. The molecule has 0 heteroatoms. The average Bonchev–Trinajstić information content (AvgIpc) is 2.97. The SMILES string of the molecule is C=CC(=CC=CC1C=CC=CC1)C(C(C=CCC1=CCCC=C1)=CC)c1ccc(-c2ccccc2)cc1. The molecule has 0 amide bonds. The van der Waals surface area contributed by atoms with E-state index in [-0.39, 0.29) is 5.92 Å². The van der Waals surface area contributed by atoms with Crippen LogP contribution in [0.1, 0.15) is 44.1 Å². The van der Waals surface area contributed by atoms with Crippen LogP contribution in [-0.4, -0.2) is 0 Å². The van der Waals surface area contributed by atoms with E-state index in [1.165, 1.54) is 33.4 Å². The fourth-order valence-corrected chi connectivity index (χ4v) is 4.92. The van der Waals surface area contributed by atoms with E-state index in [1.807, 2.05) is 6.08 Å². The van der Waals surface area contributed by atoms with Crippen molar-refractivity contribution in [2.45, 2.75) is 38.5 Å². The van der Waals surface area contributed by atoms with Gasteiger partial charge in [-0.25, -0.2) is 0 Å². The Morgan fingerprint density at radius 2 is 1.76 bits per heavy atom. The van der Waals surface area contributed by atoms with Crippen molar-refractivity contribution in [2.24, 2.45) is 5.92 Å². The third-order valence-corrected chi connectivity index (χ3v) is 6.98. The molecule has 0 nitrogen and oxygen atoms in total. The number of allylic oxidation sites excluding steroid dienone is 17. The lowest BCUT2D eigenvalue weighted by Crippen LogP contribution is -2.04. The van der Waals surface area contributed by atoms with Gasteiger partial charge in [0.05, 0.1) is 0 Å². The Hall–Kier alpha value is -3.90. The normalized spacial score (nSPS) is 18.9. The molecule has 0 spiro atoms. The fourth-order valence-electron chi connectivity index (χ4n) is 4.92. The molecule has 0 saturated carbocycles. The summed E-state index contributed by atoms with van der Waals surface area (Å²) in [5, 5.41) is 0. The maximum Gasteiger partial charge on any atom is 0.0336 e. The van der Waals surface area contributed by atoms with Crippen LogP contribution in [0.5, 0.6) is 0 Å². The van der Waals surface area contributed by atoms with Crippen molar-refractivity contribution in [1.29, 1.82) is 0 Å². The van der Waals surface area contributed by atoms with Gasteiger partial charge in [-0.1, -0.05) is 146 Å². The first kappa shape index (κ1) is 26.2. The summed E-state index contributed by atoms with van der Waals surface area (Å²) in [5.41, 5.74) is 7.63. The Balaban J connectivity index is 1.63. The van der Waals surface area contributed by atoms with E-state index in [9.17, 15) is 0 Å². The van der Waals surface area contributed by atoms with Crippen molar-refractivity contribution < 1.29 is 0 Å². The number of rotatable bonds is 10. The van der Waals surface area contributed by atoms with Crippen LogP contribution in [0.2, 0.25) is 0 Å². The van der Waals surface area contributed by atoms with Gasteiger partial charge in [-0.05, 0) is 71.9 Å². The summed E-state index contributed by atoms with van der Waals surface area (Å²) in [6.45, 7) is 6.35. The van der Waals surface area contributed by atoms with Crippen LogP contribution in [0.3, 0.4) is 0 Å². The molecule has 0 fully saturated rings. The Bertz CT molecular complexity index is 1270. The molecule has 0 aromatic heterocycles. The Kier molecular flexibility index (Phi) is 9.90. The first-order valence-corrected chi connectivity index (χ1v) is 13.5. The molecule has 0 heterocycles. The predicted octanol–water partition coefficient (Wildman–Crippen LogP) is 10.4. The first-order valence-electron chi connectivity index (χ1n) is 13.5. The van der Waals surface area contributed by atoms with E-state index in [4.69, 9.17) is 0 Å². The molecule has 37 heavy (non-hydrogen) atoms. The van der Waals surface area contributed by atoms with E-state index < -0.39 is 0 Å². The van der Waals surface area contributed by atoms with Crippen molar-refractivity contribution in [3.05, 3.63) is 169 Å². The van der Waals surface area contributed by atoms with Gasteiger partial charge in [0, 0.05) is 5.92 Å². The molecule has 186 valence electrons. The lowest BCUT2D eigenvalue weighted by atomic mass is 9.83. The maximum atomic E-state index is 4.21. The van der Waals surface area contributed by atoms with Gasteiger partial charge in [-0.3, -0.25) is 0 Å². The molecule has 2 atom stereocenters. The average molecular weight is 483 g/mol. The molecule has 2 unspecified atom stereocenters. The van der Waals surface area contributed by atoms with Gasteiger partial charge >= 0.3 is 0 Å². The van der Waals surface area contributed by atoms with Crippen molar-refractivity contribution in [3.63, 3.8) is 0 Å². The van der Waals surface area contributed by atoms with Gasteiger partial charge in [-0.15, -0.1) is 0 Å². The van der Waals surface area contributed by atoms with Crippen LogP contribution in [0.25, 0.3) is 11.1 Å². The summed E-state index contributed by atoms with van der Waals surface area (Å²) >= 11 is 0. The predicted molar refractivity (Wildman–Crippen MR) is 162 cm³/mol. The molecular formula is C37H38. The molecule has 4 rings (SSSR count). The maximum absolute atomic E-state index is 4.21. The zero-order valence-electron chi connectivity index (χ0n) is 22.0. The monoisotopic (exact) mass is 482 g/mol. The fraction of sp³-hybridized carbons (Fsp3) is 0.189. The van der Waals surface area contributed by atoms with E-state index in [0.717, 1.165) is 25.7 Å². The van der Waals surface area contributed by atoms with E-state index in [0.29, 0.717) is 5.92 Å². The summed E-state index contributed by atoms with van der Waals surface area (Å²) in [6, 6.07) is 19.6. The van der Waals surface area contributed by atoms with Crippen molar-refractivity contribution in [3.8, 4) is 11.1 Å². The number of hydrogen-bond donors (Lipinski definition) is 0. The molecule has 0 aliphatic heterocycles. The second kappa shape index (κ2) is 14.0. The molecular weight excluding hydrogens is 444 g/mol. The smallest absolute Gasteiger partial charge is 0.0336 e. The van der Waals surface area contributed by atoms with Crippen LogP contribution >= 0.6 is 0 Å². The summed E-state index contributed by atoms with van der Waals surface area (Å²) in [6.07, 6.45) is 35.5. The number of hydrogen-bond acceptors (Lipinski definition) is 0. The molecule has 2 aliphatic carbocycles. The van der Waals surface area contributed by atoms with Gasteiger partial charge < -0.3 is 0 Å². The van der Waals surface area contributed by atoms with E-state index >= 15 is 0 Å². The summed E-state index contributed by atoms with van der Waals surface area (Å²) in [7, 11) is 0. The van der Waals surface area contributed by atoms with E-state index in [2.05, 4.69) is 147 Å². The summed E-state index contributed by atoms with van der Waals surface area (Å²) in [5.74, 6) is 0.569. The second-order valence-corrected chi connectivity index (χ2v) is 9.54.